The molecule has 0 saturated carbocycles. The monoisotopic (exact) mass is 238 g/mol. The van der Waals surface area contributed by atoms with Crippen molar-refractivity contribution in [3.05, 3.63) is 60.7 Å². The zero-order chi connectivity index (χ0) is 13.2. The van der Waals surface area contributed by atoms with Gasteiger partial charge in [0.25, 0.3) is 8.05 Å². The Hall–Kier alpha value is -1.54. The van der Waals surface area contributed by atoms with E-state index in [4.69, 9.17) is 8.05 Å². The maximum absolute atomic E-state index is 4.73. The van der Waals surface area contributed by atoms with Gasteiger partial charge in [-0.15, -0.1) is 0 Å². The van der Waals surface area contributed by atoms with Crippen LogP contribution < -0.4 is 0 Å². The summed E-state index contributed by atoms with van der Waals surface area (Å²) in [7, 11) is 4.73. The summed E-state index contributed by atoms with van der Waals surface area (Å²) < 4.78 is 4.30. The maximum Gasteiger partial charge on any atom is 0.282 e. The number of benzene rings is 2. The predicted molar refractivity (Wildman–Crippen MR) is 78.4 cm³/mol. The SMILES string of the molecule is [B]OCC(C)C.c1ccc(-c2ccccc2)cc1. The summed E-state index contributed by atoms with van der Waals surface area (Å²) in [6, 6.07) is 20.8. The van der Waals surface area contributed by atoms with Crippen molar-refractivity contribution in [2.24, 2.45) is 5.92 Å². The van der Waals surface area contributed by atoms with E-state index in [1.807, 2.05) is 26.0 Å². The molecular weight excluding hydrogens is 219 g/mol. The van der Waals surface area contributed by atoms with Crippen LogP contribution >= 0.6 is 0 Å². The summed E-state index contributed by atoms with van der Waals surface area (Å²) in [5.41, 5.74) is 2.55. The lowest BCUT2D eigenvalue weighted by atomic mass is 10.1. The Kier molecular flexibility index (Phi) is 6.89. The van der Waals surface area contributed by atoms with Crippen LogP contribution in [0.3, 0.4) is 0 Å². The van der Waals surface area contributed by atoms with Gasteiger partial charge >= 0.3 is 0 Å². The van der Waals surface area contributed by atoms with E-state index >= 15 is 0 Å². The molecule has 1 nitrogen and oxygen atoms in total. The molecule has 0 bridgehead atoms. The number of hydrogen-bond donors (Lipinski definition) is 0. The normalized spacial score (nSPS) is 9.72. The first-order valence-corrected chi connectivity index (χ1v) is 6.16. The second kappa shape index (κ2) is 8.54. The minimum atomic E-state index is 0.551. The molecule has 0 heterocycles. The van der Waals surface area contributed by atoms with Gasteiger partial charge in [0.15, 0.2) is 0 Å². The second-order valence-corrected chi connectivity index (χ2v) is 4.46. The Labute approximate surface area is 111 Å². The van der Waals surface area contributed by atoms with Crippen LogP contribution in [0, 0.1) is 5.92 Å². The molecule has 0 aromatic heterocycles. The zero-order valence-corrected chi connectivity index (χ0v) is 11.0. The molecule has 2 heteroatoms. The molecule has 0 saturated heterocycles. The third-order valence-corrected chi connectivity index (χ3v) is 2.31. The largest absolute Gasteiger partial charge is 0.447 e. The van der Waals surface area contributed by atoms with E-state index in [-0.39, 0.29) is 0 Å². The molecule has 2 radical (unpaired) electrons. The van der Waals surface area contributed by atoms with Crippen LogP contribution in [0.1, 0.15) is 13.8 Å². The summed E-state index contributed by atoms with van der Waals surface area (Å²) in [5, 5.41) is 0. The van der Waals surface area contributed by atoms with Gasteiger partial charge in [-0.2, -0.15) is 0 Å². The van der Waals surface area contributed by atoms with Gasteiger partial charge in [0.05, 0.1) is 0 Å². The van der Waals surface area contributed by atoms with Gasteiger partial charge in [-0.3, -0.25) is 0 Å². The number of hydrogen-bond acceptors (Lipinski definition) is 1. The summed E-state index contributed by atoms with van der Waals surface area (Å²) in [6.07, 6.45) is 0. The van der Waals surface area contributed by atoms with Gasteiger partial charge in [-0.1, -0.05) is 74.5 Å². The van der Waals surface area contributed by atoms with Crippen LogP contribution in [0.4, 0.5) is 0 Å². The Bertz CT molecular complexity index is 374. The molecule has 0 spiro atoms. The molecule has 0 amide bonds. The summed E-state index contributed by atoms with van der Waals surface area (Å²) in [5.74, 6) is 0.551. The molecule has 0 N–H and O–H groups in total. The van der Waals surface area contributed by atoms with Crippen LogP contribution in [0.15, 0.2) is 60.7 Å². The molecule has 0 aliphatic heterocycles. The van der Waals surface area contributed by atoms with E-state index < -0.39 is 0 Å². The highest BCUT2D eigenvalue weighted by atomic mass is 16.4. The fraction of sp³-hybridized carbons (Fsp3) is 0.250. The van der Waals surface area contributed by atoms with E-state index in [2.05, 4.69) is 53.2 Å². The first kappa shape index (κ1) is 14.5. The van der Waals surface area contributed by atoms with Gasteiger partial charge < -0.3 is 4.65 Å². The lowest BCUT2D eigenvalue weighted by Gasteiger charge is -1.98. The summed E-state index contributed by atoms with van der Waals surface area (Å²) >= 11 is 0. The van der Waals surface area contributed by atoms with E-state index in [0.29, 0.717) is 12.5 Å². The van der Waals surface area contributed by atoms with Crippen molar-refractivity contribution >= 4 is 8.05 Å². The lowest BCUT2D eigenvalue weighted by molar-refractivity contribution is 0.295. The lowest BCUT2D eigenvalue weighted by Crippen LogP contribution is -1.97. The van der Waals surface area contributed by atoms with Gasteiger partial charge in [-0.25, -0.2) is 0 Å². The molecule has 0 aliphatic carbocycles. The van der Waals surface area contributed by atoms with Crippen LogP contribution in [0.25, 0.3) is 11.1 Å². The van der Waals surface area contributed by atoms with Gasteiger partial charge in [0.1, 0.15) is 0 Å². The first-order chi connectivity index (χ1) is 8.74. The van der Waals surface area contributed by atoms with Crippen molar-refractivity contribution < 1.29 is 4.65 Å². The average Bonchev–Trinajstić information content (AvgIpc) is 2.41. The van der Waals surface area contributed by atoms with Crippen molar-refractivity contribution in [2.45, 2.75) is 13.8 Å². The summed E-state index contributed by atoms with van der Waals surface area (Å²) in [6.45, 7) is 4.75. The molecule has 0 atom stereocenters. The summed E-state index contributed by atoms with van der Waals surface area (Å²) in [4.78, 5) is 0. The van der Waals surface area contributed by atoms with Crippen LogP contribution in [0.2, 0.25) is 0 Å². The molecule has 92 valence electrons. The first-order valence-electron chi connectivity index (χ1n) is 6.16. The molecule has 2 rings (SSSR count). The average molecular weight is 238 g/mol. The fourth-order valence-corrected chi connectivity index (χ4v) is 1.45. The van der Waals surface area contributed by atoms with Crippen molar-refractivity contribution in [1.82, 2.24) is 0 Å². The van der Waals surface area contributed by atoms with E-state index in [1.165, 1.54) is 11.1 Å². The smallest absolute Gasteiger partial charge is 0.282 e. The molecule has 2 aromatic rings. The highest BCUT2D eigenvalue weighted by Gasteiger charge is 1.91. The molecular formula is C16H19BO. The van der Waals surface area contributed by atoms with Crippen LogP contribution in [-0.4, -0.2) is 14.7 Å². The Morgan fingerprint density at radius 3 is 1.44 bits per heavy atom. The highest BCUT2D eigenvalue weighted by Crippen LogP contribution is 2.17. The van der Waals surface area contributed by atoms with E-state index in [9.17, 15) is 0 Å². The molecule has 0 aliphatic rings. The van der Waals surface area contributed by atoms with Crippen LogP contribution in [-0.2, 0) is 4.65 Å². The van der Waals surface area contributed by atoms with E-state index in [1.54, 1.807) is 0 Å². The third kappa shape index (κ3) is 5.69. The maximum atomic E-state index is 4.73. The minimum absolute atomic E-state index is 0.551. The van der Waals surface area contributed by atoms with Gasteiger partial charge in [-0.05, 0) is 17.0 Å². The second-order valence-electron chi connectivity index (χ2n) is 4.46. The standard InChI is InChI=1S/C12H10.C4H9BO/c1-3-7-11(8-4-1)12-9-5-2-6-10-12;1-4(2)3-6-5/h1-10H;4H,3H2,1-2H3. The van der Waals surface area contributed by atoms with E-state index in [0.717, 1.165) is 0 Å². The van der Waals surface area contributed by atoms with Gasteiger partial charge in [0.2, 0.25) is 0 Å². The van der Waals surface area contributed by atoms with Gasteiger partial charge in [0, 0.05) is 6.61 Å². The molecule has 2 aromatic carbocycles. The van der Waals surface area contributed by atoms with Crippen molar-refractivity contribution in [2.75, 3.05) is 6.61 Å². The topological polar surface area (TPSA) is 9.23 Å². The molecule has 0 fully saturated rings. The quantitative estimate of drug-likeness (QED) is 0.731. The third-order valence-electron chi connectivity index (χ3n) is 2.31. The zero-order valence-electron chi connectivity index (χ0n) is 11.0. The predicted octanol–water partition coefficient (Wildman–Crippen LogP) is 4.10. The number of rotatable bonds is 3. The Morgan fingerprint density at radius 2 is 1.22 bits per heavy atom. The van der Waals surface area contributed by atoms with Crippen molar-refractivity contribution in [3.8, 4) is 11.1 Å². The Balaban J connectivity index is 0.000000232. The Morgan fingerprint density at radius 1 is 0.833 bits per heavy atom. The minimum Gasteiger partial charge on any atom is -0.447 e. The fourth-order valence-electron chi connectivity index (χ4n) is 1.45. The molecule has 0 unspecified atom stereocenters. The van der Waals surface area contributed by atoms with Crippen molar-refractivity contribution in [1.29, 1.82) is 0 Å². The van der Waals surface area contributed by atoms with Crippen LogP contribution in [0.5, 0.6) is 0 Å². The molecule has 18 heavy (non-hydrogen) atoms. The van der Waals surface area contributed by atoms with Crippen molar-refractivity contribution in [3.63, 3.8) is 0 Å². The highest BCUT2D eigenvalue weighted by molar-refractivity contribution is 5.97.